The highest BCUT2D eigenvalue weighted by Crippen LogP contribution is 2.45. The Kier molecular flexibility index (Phi) is 2.23. The van der Waals surface area contributed by atoms with Crippen molar-refractivity contribution in [2.24, 2.45) is 11.8 Å². The Morgan fingerprint density at radius 2 is 1.93 bits per heavy atom. The summed E-state index contributed by atoms with van der Waals surface area (Å²) in [4.78, 5) is 13.4. The molecule has 0 aromatic heterocycles. The average Bonchev–Trinajstić information content (AvgIpc) is 3.01. The number of rotatable bonds is 3. The largest absolute Gasteiger partial charge is 0.481 e. The summed E-state index contributed by atoms with van der Waals surface area (Å²) in [5.41, 5.74) is 0. The molecule has 4 aliphatic rings. The zero-order valence-electron chi connectivity index (χ0n) is 9.06. The molecule has 3 nitrogen and oxygen atoms in total. The molecule has 3 atom stereocenters. The molecular weight excluding hydrogens is 190 g/mol. The first-order valence-electron chi connectivity index (χ1n) is 6.21. The van der Waals surface area contributed by atoms with E-state index in [0.717, 1.165) is 12.5 Å². The van der Waals surface area contributed by atoms with Crippen LogP contribution in [0.25, 0.3) is 0 Å². The maximum Gasteiger partial charge on any atom is 0.303 e. The third-order valence-corrected chi connectivity index (χ3v) is 4.48. The van der Waals surface area contributed by atoms with E-state index in [1.807, 2.05) is 0 Å². The van der Waals surface area contributed by atoms with Crippen LogP contribution in [0.3, 0.4) is 0 Å². The van der Waals surface area contributed by atoms with E-state index in [0.29, 0.717) is 24.3 Å². The van der Waals surface area contributed by atoms with Crippen molar-refractivity contribution in [1.29, 1.82) is 0 Å². The second-order valence-electron chi connectivity index (χ2n) is 5.51. The van der Waals surface area contributed by atoms with E-state index in [1.165, 1.54) is 32.2 Å². The van der Waals surface area contributed by atoms with Crippen molar-refractivity contribution in [2.75, 3.05) is 6.54 Å². The van der Waals surface area contributed by atoms with Gasteiger partial charge >= 0.3 is 5.97 Å². The van der Waals surface area contributed by atoms with Crippen LogP contribution >= 0.6 is 0 Å². The summed E-state index contributed by atoms with van der Waals surface area (Å²) in [6.45, 7) is 1.19. The Hall–Kier alpha value is -0.570. The van der Waals surface area contributed by atoms with Crippen LogP contribution < -0.4 is 0 Å². The van der Waals surface area contributed by atoms with Crippen molar-refractivity contribution in [3.05, 3.63) is 0 Å². The first kappa shape index (κ1) is 9.64. The maximum absolute atomic E-state index is 10.8. The first-order chi connectivity index (χ1) is 7.24. The molecule has 0 spiro atoms. The zero-order chi connectivity index (χ0) is 10.4. The van der Waals surface area contributed by atoms with E-state index in [2.05, 4.69) is 4.90 Å². The lowest BCUT2D eigenvalue weighted by molar-refractivity contribution is -0.140. The Bertz CT molecular complexity index is 275. The summed E-state index contributed by atoms with van der Waals surface area (Å²) < 4.78 is 0. The van der Waals surface area contributed by atoms with Crippen molar-refractivity contribution in [3.63, 3.8) is 0 Å². The topological polar surface area (TPSA) is 40.5 Å². The minimum absolute atomic E-state index is 0.402. The molecular formula is C12H19NO2. The van der Waals surface area contributed by atoms with E-state index in [9.17, 15) is 4.79 Å². The lowest BCUT2D eigenvalue weighted by atomic mass is 9.70. The van der Waals surface area contributed by atoms with Crippen LogP contribution in [0.5, 0.6) is 0 Å². The minimum Gasteiger partial charge on any atom is -0.481 e. The number of carboxylic acids is 1. The molecule has 2 saturated carbocycles. The van der Waals surface area contributed by atoms with Crippen LogP contribution in [0.2, 0.25) is 0 Å². The van der Waals surface area contributed by atoms with E-state index in [4.69, 9.17) is 5.11 Å². The number of hydrogen-bond acceptors (Lipinski definition) is 2. The van der Waals surface area contributed by atoms with Crippen molar-refractivity contribution >= 4 is 5.97 Å². The Balaban J connectivity index is 1.66. The van der Waals surface area contributed by atoms with Crippen LogP contribution in [0.15, 0.2) is 0 Å². The van der Waals surface area contributed by atoms with Crippen molar-refractivity contribution in [3.8, 4) is 0 Å². The molecule has 0 radical (unpaired) electrons. The van der Waals surface area contributed by atoms with Crippen molar-refractivity contribution in [1.82, 2.24) is 4.90 Å². The molecule has 15 heavy (non-hydrogen) atoms. The first-order valence-corrected chi connectivity index (χ1v) is 6.21. The second kappa shape index (κ2) is 3.48. The smallest absolute Gasteiger partial charge is 0.303 e. The quantitative estimate of drug-likeness (QED) is 0.769. The molecule has 84 valence electrons. The molecule has 2 saturated heterocycles. The summed E-state index contributed by atoms with van der Waals surface area (Å²) in [6.07, 6.45) is 6.90. The van der Waals surface area contributed by atoms with Gasteiger partial charge in [-0.1, -0.05) is 0 Å². The number of carboxylic acid groups (broad SMARTS) is 1. The minimum atomic E-state index is -0.606. The van der Waals surface area contributed by atoms with Gasteiger partial charge in [0.05, 0.1) is 0 Å². The van der Waals surface area contributed by atoms with Gasteiger partial charge in [-0.25, -0.2) is 0 Å². The molecule has 1 N–H and O–H groups in total. The fourth-order valence-corrected chi connectivity index (χ4v) is 3.59. The van der Waals surface area contributed by atoms with Gasteiger partial charge in [0.2, 0.25) is 0 Å². The Morgan fingerprint density at radius 3 is 2.47 bits per heavy atom. The fraction of sp³-hybridized carbons (Fsp3) is 0.917. The van der Waals surface area contributed by atoms with E-state index in [-0.39, 0.29) is 0 Å². The molecule has 3 heteroatoms. The molecule has 2 aliphatic heterocycles. The van der Waals surface area contributed by atoms with Gasteiger partial charge in [0, 0.05) is 25.0 Å². The number of carbonyl (C=O) groups is 1. The predicted octanol–water partition coefficient (Wildman–Crippen LogP) is 1.72. The number of aliphatic carboxylic acids is 1. The molecule has 0 amide bonds. The number of piperidine rings is 2. The third kappa shape index (κ3) is 1.78. The highest BCUT2D eigenvalue weighted by atomic mass is 16.4. The van der Waals surface area contributed by atoms with Gasteiger partial charge in [-0.3, -0.25) is 9.69 Å². The van der Waals surface area contributed by atoms with Gasteiger partial charge in [-0.05, 0) is 43.9 Å². The van der Waals surface area contributed by atoms with Crippen LogP contribution in [0.4, 0.5) is 0 Å². The van der Waals surface area contributed by atoms with Gasteiger partial charge in [0.1, 0.15) is 0 Å². The van der Waals surface area contributed by atoms with Gasteiger partial charge < -0.3 is 5.11 Å². The van der Waals surface area contributed by atoms with Crippen molar-refractivity contribution < 1.29 is 9.90 Å². The predicted molar refractivity (Wildman–Crippen MR) is 56.6 cm³/mol. The molecule has 2 heterocycles. The van der Waals surface area contributed by atoms with Crippen LogP contribution in [0.1, 0.15) is 38.5 Å². The SMILES string of the molecule is O=C(O)CC1CC2CCC1CN2C1CC1. The van der Waals surface area contributed by atoms with E-state index in [1.54, 1.807) is 0 Å². The second-order valence-corrected chi connectivity index (χ2v) is 5.51. The normalized spacial score (nSPS) is 40.7. The summed E-state index contributed by atoms with van der Waals surface area (Å²) in [6, 6.07) is 1.58. The monoisotopic (exact) mass is 209 g/mol. The molecule has 2 aliphatic carbocycles. The van der Waals surface area contributed by atoms with Gasteiger partial charge in [0.15, 0.2) is 0 Å². The van der Waals surface area contributed by atoms with Crippen LogP contribution in [0, 0.1) is 11.8 Å². The Morgan fingerprint density at radius 1 is 1.20 bits per heavy atom. The highest BCUT2D eigenvalue weighted by molar-refractivity contribution is 5.67. The van der Waals surface area contributed by atoms with Crippen LogP contribution in [-0.2, 0) is 4.79 Å². The van der Waals surface area contributed by atoms with Gasteiger partial charge in [0.25, 0.3) is 0 Å². The zero-order valence-corrected chi connectivity index (χ0v) is 9.06. The van der Waals surface area contributed by atoms with Gasteiger partial charge in [-0.2, -0.15) is 0 Å². The Labute approximate surface area is 90.5 Å². The standard InChI is InChI=1S/C12H19NO2/c14-12(15)6-9-5-11-2-1-8(9)7-13(11)10-3-4-10/h8-11H,1-7H2,(H,14,15). The number of hydrogen-bond donors (Lipinski definition) is 1. The molecule has 0 aromatic carbocycles. The highest BCUT2D eigenvalue weighted by Gasteiger charge is 2.45. The van der Waals surface area contributed by atoms with E-state index < -0.39 is 5.97 Å². The summed E-state index contributed by atoms with van der Waals surface area (Å²) in [7, 11) is 0. The maximum atomic E-state index is 10.8. The van der Waals surface area contributed by atoms with Gasteiger partial charge in [-0.15, -0.1) is 0 Å². The number of fused-ring (bicyclic) bond motifs is 3. The van der Waals surface area contributed by atoms with E-state index >= 15 is 0 Å². The molecule has 2 bridgehead atoms. The summed E-state index contributed by atoms with van der Waals surface area (Å²) in [5.74, 6) is 0.536. The van der Waals surface area contributed by atoms with Crippen LogP contribution in [-0.4, -0.2) is 34.6 Å². The number of nitrogens with zero attached hydrogens (tertiary/aromatic N) is 1. The lowest BCUT2D eigenvalue weighted by Crippen LogP contribution is -2.53. The molecule has 0 aromatic rings. The lowest BCUT2D eigenvalue weighted by Gasteiger charge is -2.49. The fourth-order valence-electron chi connectivity index (χ4n) is 3.59. The average molecular weight is 209 g/mol. The summed E-state index contributed by atoms with van der Waals surface area (Å²) >= 11 is 0. The molecule has 3 unspecified atom stereocenters. The summed E-state index contributed by atoms with van der Waals surface area (Å²) in [5, 5.41) is 8.87. The molecule has 4 fully saturated rings. The molecule has 4 rings (SSSR count). The third-order valence-electron chi connectivity index (χ3n) is 4.48. The van der Waals surface area contributed by atoms with Crippen molar-refractivity contribution in [2.45, 2.75) is 50.6 Å².